The molecule has 0 amide bonds. The first-order valence-electron chi connectivity index (χ1n) is 8.13. The number of hydrogen-bond donors (Lipinski definition) is 6. The molecule has 0 aromatic heterocycles. The average Bonchev–Trinajstić information content (AvgIpc) is 3.03. The van der Waals surface area contributed by atoms with Gasteiger partial charge in [0.15, 0.2) is 5.66 Å². The second kappa shape index (κ2) is 7.56. The molecule has 1 fully saturated rings. The summed E-state index contributed by atoms with van der Waals surface area (Å²) >= 11 is 0. The molecule has 0 aliphatic carbocycles. The quantitative estimate of drug-likeness (QED) is 0.282. The molecule has 1 saturated heterocycles. The summed E-state index contributed by atoms with van der Waals surface area (Å²) in [6.07, 6.45) is 0.468. The van der Waals surface area contributed by atoms with Gasteiger partial charge in [0.25, 0.3) is 0 Å². The Labute approximate surface area is 149 Å². The van der Waals surface area contributed by atoms with Gasteiger partial charge in [-0.15, -0.1) is 0 Å². The van der Waals surface area contributed by atoms with E-state index in [0.717, 1.165) is 4.90 Å². The van der Waals surface area contributed by atoms with Crippen molar-refractivity contribution in [2.24, 2.45) is 23.3 Å². The summed E-state index contributed by atoms with van der Waals surface area (Å²) in [7, 11) is 0. The number of carbonyl (C=O) groups is 4. The number of carboxylic acid groups (broad SMARTS) is 4. The topological polar surface area (TPSA) is 204 Å². The Morgan fingerprint density at radius 2 is 1.65 bits per heavy atom. The summed E-state index contributed by atoms with van der Waals surface area (Å²) in [5, 5.41) is 38.4. The maximum Gasteiger partial charge on any atom is 0.339 e. The molecule has 11 nitrogen and oxygen atoms in total. The van der Waals surface area contributed by atoms with E-state index in [2.05, 4.69) is 0 Å². The van der Waals surface area contributed by atoms with Gasteiger partial charge >= 0.3 is 23.9 Å². The van der Waals surface area contributed by atoms with Crippen LogP contribution in [0.15, 0.2) is 0 Å². The summed E-state index contributed by atoms with van der Waals surface area (Å²) < 4.78 is 0. The van der Waals surface area contributed by atoms with E-state index in [0.29, 0.717) is 0 Å². The van der Waals surface area contributed by atoms with E-state index in [1.807, 2.05) is 0 Å². The number of carboxylic acids is 4. The lowest BCUT2D eigenvalue weighted by molar-refractivity contribution is -0.180. The van der Waals surface area contributed by atoms with Crippen LogP contribution in [0.3, 0.4) is 0 Å². The first kappa shape index (κ1) is 21.8. The van der Waals surface area contributed by atoms with E-state index in [1.165, 1.54) is 6.92 Å². The molecule has 8 N–H and O–H groups in total. The molecule has 0 saturated carbocycles. The van der Waals surface area contributed by atoms with Gasteiger partial charge in [0.05, 0.1) is 0 Å². The predicted octanol–water partition coefficient (Wildman–Crippen LogP) is -1.20. The number of aliphatic carboxylic acids is 4. The Bertz CT molecular complexity index is 612. The first-order valence-corrected chi connectivity index (χ1v) is 8.13. The molecule has 26 heavy (non-hydrogen) atoms. The fourth-order valence-electron chi connectivity index (χ4n) is 3.59. The van der Waals surface area contributed by atoms with Crippen LogP contribution < -0.4 is 11.5 Å². The molecule has 1 aliphatic rings. The van der Waals surface area contributed by atoms with E-state index < -0.39 is 53.0 Å². The van der Waals surface area contributed by atoms with Crippen LogP contribution in [-0.4, -0.2) is 73.0 Å². The highest BCUT2D eigenvalue weighted by molar-refractivity contribution is 5.94. The monoisotopic (exact) mass is 375 g/mol. The van der Waals surface area contributed by atoms with Gasteiger partial charge in [-0.25, -0.2) is 4.79 Å². The lowest BCUT2D eigenvalue weighted by Crippen LogP contribution is -2.78. The SMILES string of the molecule is CCC(C)[C@](N)(C(=O)O)C(C(=O)O)[C@](N)(C(=O)O)N1CCC[C@H]1C(=O)O. The molecule has 2 unspecified atom stereocenters. The van der Waals surface area contributed by atoms with Crippen molar-refractivity contribution in [1.29, 1.82) is 0 Å². The van der Waals surface area contributed by atoms with E-state index >= 15 is 0 Å². The minimum absolute atomic E-state index is 0.0574. The maximum absolute atomic E-state index is 12.0. The number of hydrogen-bond acceptors (Lipinski definition) is 7. The van der Waals surface area contributed by atoms with E-state index in [-0.39, 0.29) is 25.8 Å². The molecule has 0 aromatic rings. The largest absolute Gasteiger partial charge is 0.481 e. The highest BCUT2D eigenvalue weighted by Crippen LogP contribution is 2.38. The number of rotatable bonds is 9. The molecular weight excluding hydrogens is 350 g/mol. The molecule has 5 atom stereocenters. The molecule has 148 valence electrons. The van der Waals surface area contributed by atoms with Gasteiger partial charge in [-0.05, 0) is 18.8 Å². The second-order valence-corrected chi connectivity index (χ2v) is 6.64. The van der Waals surface area contributed by atoms with E-state index in [1.54, 1.807) is 6.92 Å². The van der Waals surface area contributed by atoms with Gasteiger partial charge in [0, 0.05) is 6.54 Å². The zero-order valence-corrected chi connectivity index (χ0v) is 14.6. The Kier molecular flexibility index (Phi) is 6.34. The average molecular weight is 375 g/mol. The smallest absolute Gasteiger partial charge is 0.339 e. The highest BCUT2D eigenvalue weighted by Gasteiger charge is 2.65. The minimum atomic E-state index is -2.82. The van der Waals surface area contributed by atoms with Crippen LogP contribution in [0.5, 0.6) is 0 Å². The standard InChI is InChI=1S/C15H25N3O8/c1-3-7(2)14(16,12(23)24)9(11(21)22)15(17,13(25)26)18-6-4-5-8(18)10(19)20/h7-9H,3-6,16-17H2,1-2H3,(H,19,20)(H,21,22)(H,23,24)(H,25,26)/t7?,8-,9?,14+,15+/m0/s1. The van der Waals surface area contributed by atoms with Crippen molar-refractivity contribution in [3.63, 3.8) is 0 Å². The molecule has 0 radical (unpaired) electrons. The van der Waals surface area contributed by atoms with Crippen LogP contribution in [0.4, 0.5) is 0 Å². The van der Waals surface area contributed by atoms with Crippen molar-refractivity contribution in [2.75, 3.05) is 6.54 Å². The summed E-state index contributed by atoms with van der Waals surface area (Å²) in [6.45, 7) is 2.84. The zero-order chi connectivity index (χ0) is 20.4. The fourth-order valence-corrected chi connectivity index (χ4v) is 3.59. The van der Waals surface area contributed by atoms with Crippen molar-refractivity contribution < 1.29 is 39.6 Å². The summed E-state index contributed by atoms with van der Waals surface area (Å²) in [5.74, 6) is -10.0. The predicted molar refractivity (Wildman–Crippen MR) is 87.1 cm³/mol. The lowest BCUT2D eigenvalue weighted by Gasteiger charge is -2.47. The van der Waals surface area contributed by atoms with Gasteiger partial charge < -0.3 is 31.9 Å². The molecule has 1 heterocycles. The van der Waals surface area contributed by atoms with Gasteiger partial charge in [0.1, 0.15) is 17.5 Å². The lowest BCUT2D eigenvalue weighted by atomic mass is 9.68. The van der Waals surface area contributed by atoms with Crippen LogP contribution in [-0.2, 0) is 19.2 Å². The van der Waals surface area contributed by atoms with Gasteiger partial charge in [-0.2, -0.15) is 0 Å². The third kappa shape index (κ3) is 3.24. The third-order valence-electron chi connectivity index (χ3n) is 5.32. The van der Waals surface area contributed by atoms with Gasteiger partial charge in [0.2, 0.25) is 0 Å². The maximum atomic E-state index is 12.0. The number of nitrogens with two attached hydrogens (primary N) is 2. The van der Waals surface area contributed by atoms with Crippen molar-refractivity contribution >= 4 is 23.9 Å². The van der Waals surface area contributed by atoms with Crippen LogP contribution in [0, 0.1) is 11.8 Å². The Hall–Kier alpha value is -2.24. The van der Waals surface area contributed by atoms with E-state index in [4.69, 9.17) is 11.5 Å². The van der Waals surface area contributed by atoms with Crippen LogP contribution >= 0.6 is 0 Å². The van der Waals surface area contributed by atoms with Gasteiger partial charge in [-0.3, -0.25) is 19.3 Å². The van der Waals surface area contributed by atoms with Crippen molar-refractivity contribution in [2.45, 2.75) is 50.4 Å². The van der Waals surface area contributed by atoms with Gasteiger partial charge in [-0.1, -0.05) is 20.3 Å². The molecule has 1 aliphatic heterocycles. The van der Waals surface area contributed by atoms with Crippen LogP contribution in [0.2, 0.25) is 0 Å². The highest BCUT2D eigenvalue weighted by atomic mass is 16.4. The molecular formula is C15H25N3O8. The van der Waals surface area contributed by atoms with Crippen LogP contribution in [0.1, 0.15) is 33.1 Å². The third-order valence-corrected chi connectivity index (χ3v) is 5.32. The second-order valence-electron chi connectivity index (χ2n) is 6.64. The Morgan fingerprint density at radius 3 is 2.00 bits per heavy atom. The van der Waals surface area contributed by atoms with Crippen molar-refractivity contribution in [3.05, 3.63) is 0 Å². The number of nitrogens with zero attached hydrogens (tertiary/aromatic N) is 1. The minimum Gasteiger partial charge on any atom is -0.481 e. The summed E-state index contributed by atoms with van der Waals surface area (Å²) in [6, 6.07) is -1.35. The fraction of sp³-hybridized carbons (Fsp3) is 0.733. The number of likely N-dealkylation sites (tertiary alicyclic amines) is 1. The zero-order valence-electron chi connectivity index (χ0n) is 14.6. The molecule has 11 heteroatoms. The summed E-state index contributed by atoms with van der Waals surface area (Å²) in [4.78, 5) is 48.2. The van der Waals surface area contributed by atoms with E-state index in [9.17, 15) is 39.6 Å². The molecule has 0 spiro atoms. The Morgan fingerprint density at radius 1 is 1.12 bits per heavy atom. The molecule has 0 bridgehead atoms. The molecule has 1 rings (SSSR count). The molecule has 0 aromatic carbocycles. The summed E-state index contributed by atoms with van der Waals surface area (Å²) in [5.41, 5.74) is 6.58. The van der Waals surface area contributed by atoms with Crippen LogP contribution in [0.25, 0.3) is 0 Å². The first-order chi connectivity index (χ1) is 11.9. The van der Waals surface area contributed by atoms with Crippen molar-refractivity contribution in [1.82, 2.24) is 4.90 Å². The van der Waals surface area contributed by atoms with Crippen molar-refractivity contribution in [3.8, 4) is 0 Å². The normalized spacial score (nSPS) is 24.8. The Balaban J connectivity index is 3.69.